The molecule has 0 amide bonds. The van der Waals surface area contributed by atoms with Crippen LogP contribution >= 0.6 is 0 Å². The molecule has 1 unspecified atom stereocenters. The summed E-state index contributed by atoms with van der Waals surface area (Å²) in [6, 6.07) is 0. The van der Waals surface area contributed by atoms with E-state index in [0.29, 0.717) is 18.1 Å². The van der Waals surface area contributed by atoms with Crippen LogP contribution in [0.3, 0.4) is 0 Å². The zero-order valence-electron chi connectivity index (χ0n) is 9.06. The molecular weight excluding hydrogens is 196 g/mol. The van der Waals surface area contributed by atoms with Crippen LogP contribution in [0.25, 0.3) is 0 Å². The minimum absolute atomic E-state index is 0.333. The van der Waals surface area contributed by atoms with Crippen LogP contribution in [-0.4, -0.2) is 28.5 Å². The van der Waals surface area contributed by atoms with Crippen LogP contribution in [0.15, 0.2) is 4.52 Å². The Morgan fingerprint density at radius 1 is 1.60 bits per heavy atom. The van der Waals surface area contributed by atoms with Crippen molar-refractivity contribution in [3.63, 3.8) is 0 Å². The van der Waals surface area contributed by atoms with Gasteiger partial charge in [-0.25, -0.2) is 0 Å². The third-order valence-corrected chi connectivity index (χ3v) is 2.90. The van der Waals surface area contributed by atoms with E-state index in [-0.39, 0.29) is 5.60 Å². The molecule has 1 atom stereocenters. The zero-order valence-corrected chi connectivity index (χ0v) is 9.06. The van der Waals surface area contributed by atoms with E-state index in [4.69, 9.17) is 9.26 Å². The number of hydrogen-bond donors (Lipinski definition) is 1. The van der Waals surface area contributed by atoms with Gasteiger partial charge in [-0.2, -0.15) is 4.98 Å². The summed E-state index contributed by atoms with van der Waals surface area (Å²) in [6.45, 7) is 1.69. The van der Waals surface area contributed by atoms with Crippen molar-refractivity contribution in [1.82, 2.24) is 10.1 Å². The van der Waals surface area contributed by atoms with Crippen LogP contribution in [0.1, 0.15) is 37.9 Å². The molecule has 1 aliphatic rings. The molecule has 5 heteroatoms. The number of hydrogen-bond acceptors (Lipinski definition) is 5. The number of ether oxygens (including phenoxy) is 1. The van der Waals surface area contributed by atoms with Gasteiger partial charge < -0.3 is 14.4 Å². The van der Waals surface area contributed by atoms with Gasteiger partial charge in [0.1, 0.15) is 5.60 Å². The van der Waals surface area contributed by atoms with Gasteiger partial charge in [0.2, 0.25) is 11.7 Å². The molecule has 0 aromatic carbocycles. The van der Waals surface area contributed by atoms with Gasteiger partial charge in [0.05, 0.1) is 12.5 Å². The standard InChI is InChI=1S/C10H16N2O3/c1-7(13)6-8-11-9(12-15-8)10(14-2)4-3-5-10/h7,13H,3-6H2,1-2H3. The Morgan fingerprint density at radius 3 is 2.80 bits per heavy atom. The summed E-state index contributed by atoms with van der Waals surface area (Å²) in [5, 5.41) is 13.1. The summed E-state index contributed by atoms with van der Waals surface area (Å²) in [5.74, 6) is 1.09. The lowest BCUT2D eigenvalue weighted by molar-refractivity contribution is -0.0858. The summed E-state index contributed by atoms with van der Waals surface area (Å²) in [7, 11) is 1.67. The van der Waals surface area contributed by atoms with E-state index in [1.165, 1.54) is 0 Å². The van der Waals surface area contributed by atoms with Crippen LogP contribution < -0.4 is 0 Å². The lowest BCUT2D eigenvalue weighted by atomic mass is 9.79. The number of aliphatic hydroxyl groups excluding tert-OH is 1. The fraction of sp³-hybridized carbons (Fsp3) is 0.800. The van der Waals surface area contributed by atoms with Gasteiger partial charge in [0.25, 0.3) is 0 Å². The average Bonchev–Trinajstić information content (AvgIpc) is 2.51. The lowest BCUT2D eigenvalue weighted by Gasteiger charge is -2.37. The molecule has 1 aliphatic carbocycles. The Hall–Kier alpha value is -0.940. The Kier molecular flexibility index (Phi) is 2.75. The quantitative estimate of drug-likeness (QED) is 0.807. The van der Waals surface area contributed by atoms with Crippen molar-refractivity contribution in [3.8, 4) is 0 Å². The molecular formula is C10H16N2O3. The van der Waals surface area contributed by atoms with Gasteiger partial charge in [-0.05, 0) is 26.2 Å². The molecule has 0 saturated heterocycles. The van der Waals surface area contributed by atoms with Crippen LogP contribution in [0.5, 0.6) is 0 Å². The lowest BCUT2D eigenvalue weighted by Crippen LogP contribution is -2.37. The molecule has 1 saturated carbocycles. The van der Waals surface area contributed by atoms with Crippen molar-refractivity contribution < 1.29 is 14.4 Å². The molecule has 0 bridgehead atoms. The molecule has 1 aromatic heterocycles. The number of aromatic nitrogens is 2. The van der Waals surface area contributed by atoms with Crippen LogP contribution in [-0.2, 0) is 16.8 Å². The third kappa shape index (κ3) is 1.89. The van der Waals surface area contributed by atoms with E-state index in [2.05, 4.69) is 10.1 Å². The Bertz CT molecular complexity index is 326. The highest BCUT2D eigenvalue weighted by molar-refractivity contribution is 5.06. The molecule has 15 heavy (non-hydrogen) atoms. The molecule has 0 radical (unpaired) electrons. The number of rotatable bonds is 4. The molecule has 1 heterocycles. The smallest absolute Gasteiger partial charge is 0.229 e. The average molecular weight is 212 g/mol. The number of methoxy groups -OCH3 is 1. The van der Waals surface area contributed by atoms with Crippen LogP contribution in [0.4, 0.5) is 0 Å². The first-order valence-corrected chi connectivity index (χ1v) is 5.22. The van der Waals surface area contributed by atoms with Crippen LogP contribution in [0, 0.1) is 0 Å². The summed E-state index contributed by atoms with van der Waals surface area (Å²) in [4.78, 5) is 4.25. The first kappa shape index (κ1) is 10.6. The minimum Gasteiger partial charge on any atom is -0.393 e. The first-order chi connectivity index (χ1) is 7.16. The molecule has 5 nitrogen and oxygen atoms in total. The second-order valence-corrected chi connectivity index (χ2v) is 4.12. The maximum atomic E-state index is 9.19. The predicted molar refractivity (Wildman–Crippen MR) is 52.2 cm³/mol. The van der Waals surface area contributed by atoms with Crippen LogP contribution in [0.2, 0.25) is 0 Å². The highest BCUT2D eigenvalue weighted by Crippen LogP contribution is 2.42. The van der Waals surface area contributed by atoms with E-state index in [9.17, 15) is 5.11 Å². The summed E-state index contributed by atoms with van der Waals surface area (Å²) in [6.07, 6.45) is 2.95. The first-order valence-electron chi connectivity index (χ1n) is 5.22. The van der Waals surface area contributed by atoms with E-state index < -0.39 is 6.10 Å². The van der Waals surface area contributed by atoms with Crippen molar-refractivity contribution >= 4 is 0 Å². The van der Waals surface area contributed by atoms with Crippen molar-refractivity contribution in [1.29, 1.82) is 0 Å². The third-order valence-electron chi connectivity index (χ3n) is 2.90. The number of nitrogens with zero attached hydrogens (tertiary/aromatic N) is 2. The molecule has 0 spiro atoms. The summed E-state index contributed by atoms with van der Waals surface area (Å²) < 4.78 is 10.5. The van der Waals surface area contributed by atoms with Gasteiger partial charge in [0, 0.05) is 7.11 Å². The summed E-state index contributed by atoms with van der Waals surface area (Å²) >= 11 is 0. The predicted octanol–water partition coefficient (Wildman–Crippen LogP) is 1.02. The maximum absolute atomic E-state index is 9.19. The topological polar surface area (TPSA) is 68.4 Å². The van der Waals surface area contributed by atoms with Gasteiger partial charge in [-0.3, -0.25) is 0 Å². The van der Waals surface area contributed by atoms with E-state index in [1.807, 2.05) is 0 Å². The molecule has 84 valence electrons. The zero-order chi connectivity index (χ0) is 10.9. The molecule has 1 fully saturated rings. The fourth-order valence-electron chi connectivity index (χ4n) is 1.79. The van der Waals surface area contributed by atoms with E-state index in [1.54, 1.807) is 14.0 Å². The van der Waals surface area contributed by atoms with Crippen molar-refractivity contribution in [2.45, 2.75) is 44.3 Å². The van der Waals surface area contributed by atoms with Gasteiger partial charge in [-0.15, -0.1) is 0 Å². The second kappa shape index (κ2) is 3.90. The van der Waals surface area contributed by atoms with Gasteiger partial charge in [-0.1, -0.05) is 5.16 Å². The maximum Gasteiger partial charge on any atom is 0.229 e. The summed E-state index contributed by atoms with van der Waals surface area (Å²) in [5.41, 5.74) is -0.333. The SMILES string of the molecule is COC1(c2noc(CC(C)O)n2)CCC1. The van der Waals surface area contributed by atoms with Crippen molar-refractivity contribution in [2.24, 2.45) is 0 Å². The molecule has 0 aliphatic heterocycles. The number of aliphatic hydroxyl groups is 1. The second-order valence-electron chi connectivity index (χ2n) is 4.12. The monoisotopic (exact) mass is 212 g/mol. The fourth-order valence-corrected chi connectivity index (χ4v) is 1.79. The molecule has 2 rings (SSSR count). The van der Waals surface area contributed by atoms with Crippen molar-refractivity contribution in [3.05, 3.63) is 11.7 Å². The Morgan fingerprint density at radius 2 is 2.33 bits per heavy atom. The van der Waals surface area contributed by atoms with Gasteiger partial charge >= 0.3 is 0 Å². The van der Waals surface area contributed by atoms with E-state index >= 15 is 0 Å². The molecule has 1 N–H and O–H groups in total. The highest BCUT2D eigenvalue weighted by atomic mass is 16.5. The Labute approximate surface area is 88.4 Å². The Balaban J connectivity index is 2.12. The normalized spacial score (nSPS) is 21.0. The molecule has 1 aromatic rings. The van der Waals surface area contributed by atoms with Gasteiger partial charge in [0.15, 0.2) is 0 Å². The van der Waals surface area contributed by atoms with E-state index in [0.717, 1.165) is 19.3 Å². The van der Waals surface area contributed by atoms with Crippen molar-refractivity contribution in [2.75, 3.05) is 7.11 Å². The minimum atomic E-state index is -0.460. The highest BCUT2D eigenvalue weighted by Gasteiger charge is 2.43. The largest absolute Gasteiger partial charge is 0.393 e.